The first-order valence-corrected chi connectivity index (χ1v) is 4.55. The number of hydrogen-bond donors (Lipinski definition) is 1. The average molecular weight is 230 g/mol. The van der Waals surface area contributed by atoms with Crippen molar-refractivity contribution in [2.24, 2.45) is 0 Å². The standard InChI is InChI=1S/C10H6ClF2NO/c11-10(12,13)9(15)7-5-14-8-4-2-1-3-6(7)8/h1-5,14H. The molecule has 0 bridgehead atoms. The number of para-hydroxylation sites is 1. The maximum atomic E-state index is 12.6. The van der Waals surface area contributed by atoms with E-state index in [1.165, 1.54) is 6.20 Å². The Balaban J connectivity index is 2.58. The summed E-state index contributed by atoms with van der Waals surface area (Å²) < 4.78 is 25.2. The number of hydrogen-bond acceptors (Lipinski definition) is 1. The van der Waals surface area contributed by atoms with Gasteiger partial charge in [-0.2, -0.15) is 8.78 Å². The molecule has 0 atom stereocenters. The number of carbonyl (C=O) groups excluding carboxylic acids is 1. The molecule has 2 rings (SSSR count). The largest absolute Gasteiger partial charge is 0.385 e. The molecule has 78 valence electrons. The second kappa shape index (κ2) is 3.31. The number of ketones is 1. The Bertz CT molecular complexity index is 515. The summed E-state index contributed by atoms with van der Waals surface area (Å²) in [4.78, 5) is 14.0. The zero-order valence-corrected chi connectivity index (χ0v) is 8.18. The lowest BCUT2D eigenvalue weighted by atomic mass is 10.1. The molecule has 0 saturated carbocycles. The van der Waals surface area contributed by atoms with Gasteiger partial charge in [-0.15, -0.1) is 0 Å². The van der Waals surface area contributed by atoms with E-state index in [1.807, 2.05) is 0 Å². The van der Waals surface area contributed by atoms with Crippen LogP contribution in [0.15, 0.2) is 30.5 Å². The fourth-order valence-corrected chi connectivity index (χ4v) is 1.51. The SMILES string of the molecule is O=C(c1c[nH]c2ccccc12)C(F)(F)Cl. The quantitative estimate of drug-likeness (QED) is 0.623. The van der Waals surface area contributed by atoms with Crippen LogP contribution in [0.4, 0.5) is 8.78 Å². The van der Waals surface area contributed by atoms with Gasteiger partial charge in [0, 0.05) is 17.1 Å². The minimum absolute atomic E-state index is 0.0920. The smallest absolute Gasteiger partial charge is 0.360 e. The maximum absolute atomic E-state index is 12.6. The predicted octanol–water partition coefficient (Wildman–Crippen LogP) is 3.18. The van der Waals surface area contributed by atoms with Crippen molar-refractivity contribution in [1.82, 2.24) is 4.98 Å². The van der Waals surface area contributed by atoms with E-state index >= 15 is 0 Å². The van der Waals surface area contributed by atoms with E-state index < -0.39 is 11.2 Å². The third-order valence-corrected chi connectivity index (χ3v) is 2.26. The van der Waals surface area contributed by atoms with E-state index in [9.17, 15) is 13.6 Å². The van der Waals surface area contributed by atoms with Gasteiger partial charge in [0.25, 0.3) is 0 Å². The summed E-state index contributed by atoms with van der Waals surface area (Å²) in [6, 6.07) is 6.69. The molecule has 5 heteroatoms. The van der Waals surface area contributed by atoms with Gasteiger partial charge in [-0.05, 0) is 17.7 Å². The first kappa shape index (κ1) is 10.1. The molecule has 1 aromatic heterocycles. The van der Waals surface area contributed by atoms with Crippen molar-refractivity contribution in [3.8, 4) is 0 Å². The zero-order valence-electron chi connectivity index (χ0n) is 7.43. The predicted molar refractivity (Wildman–Crippen MR) is 53.4 cm³/mol. The van der Waals surface area contributed by atoms with E-state index in [1.54, 1.807) is 24.3 Å². The molecule has 0 aliphatic carbocycles. The molecular formula is C10H6ClF2NO. The van der Waals surface area contributed by atoms with Crippen LogP contribution in [0.2, 0.25) is 0 Å². The molecule has 0 spiro atoms. The molecular weight excluding hydrogens is 224 g/mol. The highest BCUT2D eigenvalue weighted by Crippen LogP contribution is 2.28. The minimum Gasteiger partial charge on any atom is -0.360 e. The van der Waals surface area contributed by atoms with Crippen LogP contribution >= 0.6 is 11.6 Å². The van der Waals surface area contributed by atoms with Gasteiger partial charge < -0.3 is 4.98 Å². The van der Waals surface area contributed by atoms with Gasteiger partial charge in [0.2, 0.25) is 5.78 Å². The number of fused-ring (bicyclic) bond motifs is 1. The van der Waals surface area contributed by atoms with Crippen molar-refractivity contribution < 1.29 is 13.6 Å². The molecule has 0 amide bonds. The average Bonchev–Trinajstić information content (AvgIpc) is 2.58. The minimum atomic E-state index is -3.86. The van der Waals surface area contributed by atoms with Crippen LogP contribution in [-0.4, -0.2) is 16.1 Å². The van der Waals surface area contributed by atoms with Gasteiger partial charge in [-0.3, -0.25) is 4.79 Å². The lowest BCUT2D eigenvalue weighted by Crippen LogP contribution is -2.20. The molecule has 0 radical (unpaired) electrons. The summed E-state index contributed by atoms with van der Waals surface area (Å²) in [6.07, 6.45) is 1.24. The van der Waals surface area contributed by atoms with E-state index in [0.717, 1.165) is 0 Å². The summed E-state index contributed by atoms with van der Waals surface area (Å²) in [6.45, 7) is 0. The Morgan fingerprint density at radius 1 is 1.33 bits per heavy atom. The van der Waals surface area contributed by atoms with Crippen LogP contribution in [0.25, 0.3) is 10.9 Å². The Kier molecular flexibility index (Phi) is 2.23. The van der Waals surface area contributed by atoms with Crippen LogP contribution in [0, 0.1) is 0 Å². The Morgan fingerprint density at radius 3 is 2.67 bits per heavy atom. The highest BCUT2D eigenvalue weighted by Gasteiger charge is 2.37. The van der Waals surface area contributed by atoms with Crippen LogP contribution in [-0.2, 0) is 0 Å². The number of aromatic amines is 1. The fourth-order valence-electron chi connectivity index (χ4n) is 1.41. The summed E-state index contributed by atoms with van der Waals surface area (Å²) in [5, 5.41) is -3.41. The van der Waals surface area contributed by atoms with Crippen LogP contribution in [0.3, 0.4) is 0 Å². The third kappa shape index (κ3) is 1.72. The number of benzene rings is 1. The normalized spacial score (nSPS) is 11.9. The number of rotatable bonds is 2. The number of nitrogens with one attached hydrogen (secondary N) is 1. The lowest BCUT2D eigenvalue weighted by molar-refractivity contribution is 0.0538. The molecule has 0 unspecified atom stereocenters. The van der Waals surface area contributed by atoms with Gasteiger partial charge in [0.15, 0.2) is 0 Å². The molecule has 15 heavy (non-hydrogen) atoms. The number of Topliss-reactive ketones (excluding diaryl/α,β-unsaturated/α-hetero) is 1. The Hall–Kier alpha value is -1.42. The highest BCUT2D eigenvalue weighted by molar-refractivity contribution is 6.36. The van der Waals surface area contributed by atoms with Gasteiger partial charge in [-0.1, -0.05) is 18.2 Å². The van der Waals surface area contributed by atoms with Crippen molar-refractivity contribution in [3.63, 3.8) is 0 Å². The zero-order chi connectivity index (χ0) is 11.1. The molecule has 1 N–H and O–H groups in total. The van der Waals surface area contributed by atoms with Crippen molar-refractivity contribution in [1.29, 1.82) is 0 Å². The van der Waals surface area contributed by atoms with Gasteiger partial charge in [0.1, 0.15) is 0 Å². The molecule has 2 aromatic rings. The summed E-state index contributed by atoms with van der Waals surface area (Å²) in [5.41, 5.74) is 0.535. The maximum Gasteiger partial charge on any atom is 0.385 e. The highest BCUT2D eigenvalue weighted by atomic mass is 35.5. The third-order valence-electron chi connectivity index (χ3n) is 2.09. The molecule has 0 aliphatic heterocycles. The second-order valence-corrected chi connectivity index (χ2v) is 3.55. The molecule has 0 aliphatic rings. The van der Waals surface area contributed by atoms with Gasteiger partial charge in [0.05, 0.1) is 5.56 Å². The van der Waals surface area contributed by atoms with E-state index in [4.69, 9.17) is 0 Å². The topological polar surface area (TPSA) is 32.9 Å². The van der Waals surface area contributed by atoms with Crippen molar-refractivity contribution in [3.05, 3.63) is 36.0 Å². The van der Waals surface area contributed by atoms with Crippen LogP contribution in [0.1, 0.15) is 10.4 Å². The van der Waals surface area contributed by atoms with Crippen LogP contribution in [0.5, 0.6) is 0 Å². The Labute approximate surface area is 88.8 Å². The second-order valence-electron chi connectivity index (χ2n) is 3.07. The molecule has 2 nitrogen and oxygen atoms in total. The summed E-state index contributed by atoms with van der Waals surface area (Å²) in [7, 11) is 0. The molecule has 0 fully saturated rings. The van der Waals surface area contributed by atoms with Crippen LogP contribution < -0.4 is 0 Å². The molecule has 1 heterocycles. The monoisotopic (exact) mass is 229 g/mol. The van der Waals surface area contributed by atoms with E-state index in [0.29, 0.717) is 10.9 Å². The van der Waals surface area contributed by atoms with Gasteiger partial charge >= 0.3 is 5.38 Å². The molecule has 0 saturated heterocycles. The first-order chi connectivity index (χ1) is 7.00. The fraction of sp³-hybridized carbons (Fsp3) is 0.100. The number of carbonyl (C=O) groups is 1. The van der Waals surface area contributed by atoms with E-state index in [2.05, 4.69) is 16.6 Å². The van der Waals surface area contributed by atoms with Crippen molar-refractivity contribution in [2.45, 2.75) is 5.38 Å². The molecule has 1 aromatic carbocycles. The Morgan fingerprint density at radius 2 is 2.00 bits per heavy atom. The van der Waals surface area contributed by atoms with E-state index in [-0.39, 0.29) is 5.56 Å². The van der Waals surface area contributed by atoms with Crippen molar-refractivity contribution in [2.75, 3.05) is 0 Å². The first-order valence-electron chi connectivity index (χ1n) is 4.18. The summed E-state index contributed by atoms with van der Waals surface area (Å²) >= 11 is 4.68. The van der Waals surface area contributed by atoms with Crippen molar-refractivity contribution >= 4 is 28.3 Å². The number of alkyl halides is 3. The number of H-pyrrole nitrogens is 1. The summed E-state index contributed by atoms with van der Waals surface area (Å²) in [5.74, 6) is -1.39. The van der Waals surface area contributed by atoms with Gasteiger partial charge in [-0.25, -0.2) is 0 Å². The number of aromatic nitrogens is 1. The number of halogens is 3. The lowest BCUT2D eigenvalue weighted by Gasteiger charge is -2.04.